The van der Waals surface area contributed by atoms with Crippen LogP contribution in [0.3, 0.4) is 0 Å². The van der Waals surface area contributed by atoms with Crippen LogP contribution in [-0.4, -0.2) is 43.5 Å². The van der Waals surface area contributed by atoms with Gasteiger partial charge in [0.1, 0.15) is 19.6 Å². The minimum absolute atomic E-state index is 0.107. The Morgan fingerprint density at radius 1 is 0.929 bits per heavy atom. The highest BCUT2D eigenvalue weighted by atomic mass is 32.2. The van der Waals surface area contributed by atoms with Crippen LogP contribution in [0.25, 0.3) is 0 Å². The number of methoxy groups -OCH3 is 2. The second-order valence-electron chi connectivity index (χ2n) is 8.04. The average molecular weight is 426 g/mol. The van der Waals surface area contributed by atoms with E-state index in [1.54, 1.807) is 18.2 Å². The normalized spacial score (nSPS) is 12.1. The van der Waals surface area contributed by atoms with Crippen molar-refractivity contribution in [2.45, 2.75) is 58.2 Å². The standard InChI is InChI=1S/C21H35NO4SSi/c1-16(2)28(17(3)4,18(5)6)12-10-11-22(27(9,23)24)19-13-20(25-7)15-21(14-19)26-8/h13-18H,11H2,1-9H3. The van der Waals surface area contributed by atoms with Crippen molar-refractivity contribution in [2.75, 3.05) is 31.3 Å². The van der Waals surface area contributed by atoms with E-state index in [0.717, 1.165) is 0 Å². The first kappa shape index (κ1) is 24.4. The van der Waals surface area contributed by atoms with E-state index >= 15 is 0 Å². The molecular formula is C21H35NO4SSi. The van der Waals surface area contributed by atoms with Crippen LogP contribution in [0.4, 0.5) is 5.69 Å². The van der Waals surface area contributed by atoms with Gasteiger partial charge in [-0.05, 0) is 16.6 Å². The lowest BCUT2D eigenvalue weighted by Gasteiger charge is -2.38. The van der Waals surface area contributed by atoms with Gasteiger partial charge in [0.2, 0.25) is 10.0 Å². The summed E-state index contributed by atoms with van der Waals surface area (Å²) in [7, 11) is -2.36. The fourth-order valence-electron chi connectivity index (χ4n) is 4.03. The lowest BCUT2D eigenvalue weighted by molar-refractivity contribution is 0.394. The van der Waals surface area contributed by atoms with Crippen molar-refractivity contribution >= 4 is 23.8 Å². The van der Waals surface area contributed by atoms with Crippen LogP contribution in [0.1, 0.15) is 41.5 Å². The van der Waals surface area contributed by atoms with Gasteiger partial charge in [0.15, 0.2) is 0 Å². The molecule has 7 heteroatoms. The molecule has 0 N–H and O–H groups in total. The van der Waals surface area contributed by atoms with Crippen molar-refractivity contribution in [3.8, 4) is 23.0 Å². The lowest BCUT2D eigenvalue weighted by atomic mass is 10.2. The minimum Gasteiger partial charge on any atom is -0.497 e. The molecule has 0 unspecified atom stereocenters. The van der Waals surface area contributed by atoms with Crippen LogP contribution in [0.2, 0.25) is 16.6 Å². The number of hydrogen-bond donors (Lipinski definition) is 0. The number of hydrogen-bond acceptors (Lipinski definition) is 4. The molecule has 0 bridgehead atoms. The Hall–Kier alpha value is -1.65. The van der Waals surface area contributed by atoms with Gasteiger partial charge in [0.05, 0.1) is 32.7 Å². The van der Waals surface area contributed by atoms with Crippen molar-refractivity contribution < 1.29 is 17.9 Å². The summed E-state index contributed by atoms with van der Waals surface area (Å²) in [5.74, 6) is 4.29. The Kier molecular flexibility index (Phi) is 8.45. The molecule has 28 heavy (non-hydrogen) atoms. The molecule has 0 aliphatic heterocycles. The van der Waals surface area contributed by atoms with Crippen molar-refractivity contribution in [1.29, 1.82) is 0 Å². The summed E-state index contributed by atoms with van der Waals surface area (Å²) >= 11 is 0. The van der Waals surface area contributed by atoms with Crippen molar-refractivity contribution in [2.24, 2.45) is 0 Å². The highest BCUT2D eigenvalue weighted by Gasteiger charge is 2.41. The van der Waals surface area contributed by atoms with Gasteiger partial charge in [0, 0.05) is 18.2 Å². The molecule has 0 saturated carbocycles. The third-order valence-corrected chi connectivity index (χ3v) is 12.9. The van der Waals surface area contributed by atoms with E-state index < -0.39 is 18.1 Å². The summed E-state index contributed by atoms with van der Waals surface area (Å²) < 4.78 is 36.8. The summed E-state index contributed by atoms with van der Waals surface area (Å²) in [6.45, 7) is 13.5. The van der Waals surface area contributed by atoms with E-state index in [1.807, 2.05) is 0 Å². The second-order valence-corrected chi connectivity index (χ2v) is 15.5. The van der Waals surface area contributed by atoms with Crippen LogP contribution in [-0.2, 0) is 10.0 Å². The van der Waals surface area contributed by atoms with Gasteiger partial charge >= 0.3 is 0 Å². The Morgan fingerprint density at radius 2 is 1.36 bits per heavy atom. The Bertz CT molecular complexity index is 779. The molecule has 0 saturated heterocycles. The van der Waals surface area contributed by atoms with E-state index in [0.29, 0.717) is 33.8 Å². The highest BCUT2D eigenvalue weighted by molar-refractivity contribution is 7.92. The first-order chi connectivity index (χ1) is 12.9. The molecule has 0 aromatic heterocycles. The van der Waals surface area contributed by atoms with E-state index in [4.69, 9.17) is 9.47 Å². The Balaban J connectivity index is 3.41. The Morgan fingerprint density at radius 3 is 1.68 bits per heavy atom. The van der Waals surface area contributed by atoms with E-state index in [1.165, 1.54) is 24.8 Å². The maximum atomic E-state index is 12.5. The quantitative estimate of drug-likeness (QED) is 0.448. The van der Waals surface area contributed by atoms with Gasteiger partial charge in [-0.2, -0.15) is 0 Å². The molecule has 0 spiro atoms. The minimum atomic E-state index is -3.51. The molecule has 1 aromatic carbocycles. The molecule has 0 aliphatic carbocycles. The van der Waals surface area contributed by atoms with Crippen molar-refractivity contribution in [3.63, 3.8) is 0 Å². The molecule has 0 fully saturated rings. The monoisotopic (exact) mass is 425 g/mol. The van der Waals surface area contributed by atoms with Crippen molar-refractivity contribution in [1.82, 2.24) is 0 Å². The maximum absolute atomic E-state index is 12.5. The molecule has 1 rings (SSSR count). The largest absolute Gasteiger partial charge is 0.497 e. The molecule has 0 amide bonds. The predicted molar refractivity (Wildman–Crippen MR) is 121 cm³/mol. The zero-order valence-corrected chi connectivity index (χ0v) is 20.5. The number of ether oxygens (including phenoxy) is 2. The number of rotatable bonds is 8. The summed E-state index contributed by atoms with van der Waals surface area (Å²) in [5.41, 5.74) is 5.53. The molecular weight excluding hydrogens is 390 g/mol. The van der Waals surface area contributed by atoms with Gasteiger partial charge in [-0.3, -0.25) is 4.31 Å². The van der Waals surface area contributed by atoms with Gasteiger partial charge in [-0.25, -0.2) is 8.42 Å². The topological polar surface area (TPSA) is 55.8 Å². The number of sulfonamides is 1. The summed E-state index contributed by atoms with van der Waals surface area (Å²) in [5, 5.41) is 0. The van der Waals surface area contributed by atoms with Crippen LogP contribution in [0, 0.1) is 11.5 Å². The number of benzene rings is 1. The fourth-order valence-corrected chi connectivity index (χ4v) is 10.1. The lowest BCUT2D eigenvalue weighted by Crippen LogP contribution is -2.43. The van der Waals surface area contributed by atoms with Crippen LogP contribution in [0.5, 0.6) is 11.5 Å². The summed E-state index contributed by atoms with van der Waals surface area (Å²) in [4.78, 5) is 0. The number of nitrogens with zero attached hydrogens (tertiary/aromatic N) is 1. The third-order valence-electron chi connectivity index (χ3n) is 5.42. The van der Waals surface area contributed by atoms with Crippen LogP contribution in [0.15, 0.2) is 18.2 Å². The number of anilines is 1. The molecule has 158 valence electrons. The van der Waals surface area contributed by atoms with E-state index in [2.05, 4.69) is 53.0 Å². The van der Waals surface area contributed by atoms with Gasteiger partial charge in [-0.15, -0.1) is 5.54 Å². The second kappa shape index (κ2) is 9.70. The predicted octanol–water partition coefficient (Wildman–Crippen LogP) is 4.69. The molecule has 5 nitrogen and oxygen atoms in total. The first-order valence-corrected chi connectivity index (χ1v) is 13.7. The van der Waals surface area contributed by atoms with Crippen LogP contribution < -0.4 is 13.8 Å². The zero-order valence-electron chi connectivity index (χ0n) is 18.7. The summed E-state index contributed by atoms with van der Waals surface area (Å²) in [6.07, 6.45) is 1.19. The maximum Gasteiger partial charge on any atom is 0.233 e. The SMILES string of the molecule is COc1cc(OC)cc(N(CC#C[Si](C(C)C)(C(C)C)C(C)C)S(C)(=O)=O)c1. The van der Waals surface area contributed by atoms with Gasteiger partial charge < -0.3 is 9.47 Å². The molecule has 1 aromatic rings. The van der Waals surface area contributed by atoms with Crippen molar-refractivity contribution in [3.05, 3.63) is 18.2 Å². The molecule has 0 atom stereocenters. The molecule has 0 aliphatic rings. The first-order valence-electron chi connectivity index (χ1n) is 9.60. The third kappa shape index (κ3) is 5.45. The van der Waals surface area contributed by atoms with E-state index in [-0.39, 0.29) is 6.54 Å². The van der Waals surface area contributed by atoms with Crippen LogP contribution >= 0.6 is 0 Å². The van der Waals surface area contributed by atoms with Gasteiger partial charge in [-0.1, -0.05) is 47.5 Å². The average Bonchev–Trinajstić information content (AvgIpc) is 2.59. The van der Waals surface area contributed by atoms with E-state index in [9.17, 15) is 8.42 Å². The smallest absolute Gasteiger partial charge is 0.233 e. The Labute approximate surface area is 172 Å². The molecule has 0 heterocycles. The highest BCUT2D eigenvalue weighted by Crippen LogP contribution is 2.40. The summed E-state index contributed by atoms with van der Waals surface area (Å²) in [6, 6.07) is 5.08. The molecule has 0 radical (unpaired) electrons. The fraction of sp³-hybridized carbons (Fsp3) is 0.619. The van der Waals surface area contributed by atoms with Gasteiger partial charge in [0.25, 0.3) is 0 Å². The zero-order chi connectivity index (χ0) is 21.7.